The predicted molar refractivity (Wildman–Crippen MR) is 221 cm³/mol. The van der Waals surface area contributed by atoms with Gasteiger partial charge in [0.1, 0.15) is 18.3 Å². The first-order valence-corrected chi connectivity index (χ1v) is 23.3. The predicted octanol–water partition coefficient (Wildman–Crippen LogP) is 7.88. The Hall–Kier alpha value is -3.78. The third-order valence-electron chi connectivity index (χ3n) is 11.0. The van der Waals surface area contributed by atoms with Crippen molar-refractivity contribution in [2.24, 2.45) is 11.8 Å². The lowest BCUT2D eigenvalue weighted by atomic mass is 9.93. The summed E-state index contributed by atoms with van der Waals surface area (Å²) in [6.07, 6.45) is -0.638. The van der Waals surface area contributed by atoms with E-state index in [9.17, 15) is 19.2 Å². The molecule has 2 aromatic carbocycles. The van der Waals surface area contributed by atoms with Crippen LogP contribution in [0.3, 0.4) is 0 Å². The van der Waals surface area contributed by atoms with E-state index in [1.54, 1.807) is 27.7 Å². The summed E-state index contributed by atoms with van der Waals surface area (Å²) in [6, 6.07) is 13.3. The van der Waals surface area contributed by atoms with Crippen LogP contribution in [0, 0.1) is 11.8 Å². The Balaban J connectivity index is 1.59. The van der Waals surface area contributed by atoms with Gasteiger partial charge in [0.25, 0.3) is 0 Å². The van der Waals surface area contributed by atoms with Crippen molar-refractivity contribution < 1.29 is 47.3 Å². The summed E-state index contributed by atoms with van der Waals surface area (Å²) in [4.78, 5) is 55.1. The van der Waals surface area contributed by atoms with Crippen LogP contribution in [0.2, 0.25) is 18.1 Å². The van der Waals surface area contributed by atoms with Gasteiger partial charge in [-0.1, -0.05) is 90.1 Å². The number of carbonyl (C=O) groups is 4. The molecule has 1 aliphatic heterocycles. The van der Waals surface area contributed by atoms with E-state index in [0.29, 0.717) is 13.0 Å². The summed E-state index contributed by atoms with van der Waals surface area (Å²) < 4.78 is 35.7. The van der Waals surface area contributed by atoms with E-state index in [1.807, 2.05) is 62.4 Å². The second kappa shape index (κ2) is 19.3. The lowest BCUT2D eigenvalue weighted by Crippen LogP contribution is -2.56. The average Bonchev–Trinajstić information content (AvgIpc) is 3.45. The first kappa shape index (κ1) is 45.9. The van der Waals surface area contributed by atoms with Gasteiger partial charge in [0.05, 0.1) is 18.6 Å². The molecular formula is C44H66N2O10Si. The molecule has 1 saturated heterocycles. The van der Waals surface area contributed by atoms with Crippen LogP contribution < -0.4 is 10.6 Å². The van der Waals surface area contributed by atoms with Gasteiger partial charge in [0, 0.05) is 12.5 Å². The second-order valence-corrected chi connectivity index (χ2v) is 22.9. The molecule has 316 valence electrons. The summed E-state index contributed by atoms with van der Waals surface area (Å²) in [6.45, 7) is 23.4. The molecule has 0 aromatic heterocycles. The molecule has 0 bridgehead atoms. The van der Waals surface area contributed by atoms with Gasteiger partial charge in [-0.3, -0.25) is 4.79 Å². The van der Waals surface area contributed by atoms with Crippen molar-refractivity contribution >= 4 is 32.3 Å². The number of amides is 2. The summed E-state index contributed by atoms with van der Waals surface area (Å²) in [5.41, 5.74) is 3.36. The van der Waals surface area contributed by atoms with E-state index in [1.165, 1.54) is 6.92 Å². The minimum absolute atomic E-state index is 0.00337. The lowest BCUT2D eigenvalue weighted by Gasteiger charge is -2.42. The molecule has 1 fully saturated rings. The van der Waals surface area contributed by atoms with E-state index in [-0.39, 0.29) is 30.1 Å². The molecule has 1 unspecified atom stereocenters. The van der Waals surface area contributed by atoms with E-state index in [4.69, 9.17) is 28.1 Å². The fourth-order valence-corrected chi connectivity index (χ4v) is 8.34. The number of hydrogen-bond donors (Lipinski definition) is 2. The summed E-state index contributed by atoms with van der Waals surface area (Å²) in [5.74, 6) is -3.03. The van der Waals surface area contributed by atoms with E-state index in [2.05, 4.69) is 44.5 Å². The molecule has 1 aliphatic carbocycles. The smallest absolute Gasteiger partial charge is 0.408 e. The van der Waals surface area contributed by atoms with Crippen LogP contribution in [-0.2, 0) is 42.5 Å². The van der Waals surface area contributed by atoms with Crippen LogP contribution in [0.4, 0.5) is 4.79 Å². The van der Waals surface area contributed by atoms with Crippen molar-refractivity contribution in [2.75, 3.05) is 19.8 Å². The number of ether oxygens (including phenoxy) is 5. The topological polar surface area (TPSA) is 148 Å². The maximum absolute atomic E-state index is 14.2. The van der Waals surface area contributed by atoms with Gasteiger partial charge >= 0.3 is 18.0 Å². The molecule has 2 amide bonds. The zero-order chi connectivity index (χ0) is 42.3. The molecule has 0 saturated carbocycles. The van der Waals surface area contributed by atoms with Gasteiger partial charge in [-0.25, -0.2) is 14.4 Å². The normalized spacial score (nSPS) is 18.6. The van der Waals surface area contributed by atoms with Crippen LogP contribution in [0.5, 0.6) is 0 Å². The van der Waals surface area contributed by atoms with Crippen LogP contribution in [0.15, 0.2) is 48.5 Å². The molecule has 4 rings (SSSR count). The van der Waals surface area contributed by atoms with Gasteiger partial charge in [0.15, 0.2) is 26.7 Å². The Labute approximate surface area is 340 Å². The largest absolute Gasteiger partial charge is 0.463 e. The molecule has 1 heterocycles. The van der Waals surface area contributed by atoms with Gasteiger partial charge in [0.2, 0.25) is 5.91 Å². The number of carbonyl (C=O) groups excluding carboxylic acids is 4. The minimum Gasteiger partial charge on any atom is -0.463 e. The monoisotopic (exact) mass is 810 g/mol. The highest BCUT2D eigenvalue weighted by atomic mass is 28.4. The molecule has 13 heteroatoms. The highest BCUT2D eigenvalue weighted by molar-refractivity contribution is 6.74. The van der Waals surface area contributed by atoms with Gasteiger partial charge in [-0.15, -0.1) is 0 Å². The molecule has 2 aromatic rings. The first-order chi connectivity index (χ1) is 26.6. The van der Waals surface area contributed by atoms with E-state index >= 15 is 0 Å². The molecule has 0 radical (unpaired) electrons. The Morgan fingerprint density at radius 3 is 1.96 bits per heavy atom. The van der Waals surface area contributed by atoms with Crippen LogP contribution in [-0.4, -0.2) is 88.3 Å². The Morgan fingerprint density at radius 2 is 1.44 bits per heavy atom. The van der Waals surface area contributed by atoms with E-state index < -0.39 is 74.4 Å². The average molecular weight is 811 g/mol. The standard InChI is InChI=1S/C44H66N2O10Si/c1-27(2)38(56-57(11,12)44(8,9)10)28(3)39(47)46-37(41(49)53-25-34-32-21-15-13-19-30(32)31-20-14-16-22-33(31)34)29(4)54-40(48)35(45-42(50)55-43(5,6)7)26-52-36-23-17-18-24-51-36/h13-16,19-22,27-29,34-38H,17-18,23-26H2,1-12H3,(H,45,50)(H,46,47)/t28-,29-,35+,36?,37+,38-/m1/s1. The number of alkyl carbamates (subject to hydrolysis) is 1. The molecule has 6 atom stereocenters. The van der Waals surface area contributed by atoms with Crippen molar-refractivity contribution in [3.63, 3.8) is 0 Å². The first-order valence-electron chi connectivity index (χ1n) is 20.4. The maximum Gasteiger partial charge on any atom is 0.408 e. The minimum atomic E-state index is -2.30. The Kier molecular flexibility index (Phi) is 15.6. The number of fused-ring (bicyclic) bond motifs is 3. The van der Waals surface area contributed by atoms with Crippen molar-refractivity contribution in [3.8, 4) is 11.1 Å². The lowest BCUT2D eigenvalue weighted by molar-refractivity contribution is -0.176. The zero-order valence-electron chi connectivity index (χ0n) is 36.1. The highest BCUT2D eigenvalue weighted by Gasteiger charge is 2.43. The molecule has 57 heavy (non-hydrogen) atoms. The molecule has 2 N–H and O–H groups in total. The zero-order valence-corrected chi connectivity index (χ0v) is 37.1. The fourth-order valence-electron chi connectivity index (χ4n) is 6.83. The number of nitrogens with one attached hydrogen (secondary N) is 2. The maximum atomic E-state index is 14.2. The van der Waals surface area contributed by atoms with Crippen LogP contribution in [0.25, 0.3) is 11.1 Å². The number of hydrogen-bond acceptors (Lipinski definition) is 10. The van der Waals surface area contributed by atoms with Crippen LogP contribution >= 0.6 is 0 Å². The van der Waals surface area contributed by atoms with Gasteiger partial charge in [-0.2, -0.15) is 0 Å². The fraction of sp³-hybridized carbons (Fsp3) is 0.636. The van der Waals surface area contributed by atoms with Gasteiger partial charge < -0.3 is 38.7 Å². The van der Waals surface area contributed by atoms with Crippen LogP contribution in [0.1, 0.15) is 106 Å². The number of benzene rings is 2. The van der Waals surface area contributed by atoms with Crippen molar-refractivity contribution in [1.29, 1.82) is 0 Å². The van der Waals surface area contributed by atoms with Gasteiger partial charge in [-0.05, 0) is 93.3 Å². The second-order valence-electron chi connectivity index (χ2n) is 18.2. The summed E-state index contributed by atoms with van der Waals surface area (Å²) in [7, 11) is -2.30. The third-order valence-corrected chi connectivity index (χ3v) is 15.5. The molecule has 0 spiro atoms. The number of esters is 2. The third kappa shape index (κ3) is 12.4. The summed E-state index contributed by atoms with van der Waals surface area (Å²) in [5, 5.41) is 5.33. The van der Waals surface area contributed by atoms with E-state index in [0.717, 1.165) is 35.1 Å². The van der Waals surface area contributed by atoms with Crippen molar-refractivity contribution in [1.82, 2.24) is 10.6 Å². The van der Waals surface area contributed by atoms with Crippen molar-refractivity contribution in [2.45, 2.75) is 149 Å². The summed E-state index contributed by atoms with van der Waals surface area (Å²) >= 11 is 0. The Bertz CT molecular complexity index is 1650. The number of rotatable bonds is 16. The van der Waals surface area contributed by atoms with Crippen molar-refractivity contribution in [3.05, 3.63) is 59.7 Å². The highest BCUT2D eigenvalue weighted by Crippen LogP contribution is 2.44. The SMILES string of the molecule is CC(C)[C@@H](O[Si](C)(C)C(C)(C)C)[C@@H](C)C(=O)N[C@H](C(=O)OCC1c2ccccc2-c2ccccc21)[C@@H](C)OC(=O)[C@H](COC1CCCCO1)NC(=O)OC(C)(C)C. The molecule has 12 nitrogen and oxygen atoms in total. The quantitative estimate of drug-likeness (QED) is 0.0975. The Morgan fingerprint density at radius 1 is 0.842 bits per heavy atom. The molecule has 2 aliphatic rings. The molecular weight excluding hydrogens is 745 g/mol.